The fourth-order valence-corrected chi connectivity index (χ4v) is 2.50. The molecule has 23 heavy (non-hydrogen) atoms. The molecule has 0 fully saturated rings. The zero-order valence-electron chi connectivity index (χ0n) is 12.7. The minimum atomic E-state index is -0.241. The number of halogens is 2. The number of nitrogens with zero attached hydrogens (tertiary/aromatic N) is 3. The Balaban J connectivity index is 1.69. The fourth-order valence-electron chi connectivity index (χ4n) is 2.19. The third-order valence-electron chi connectivity index (χ3n) is 3.65. The number of hydrogen-bond acceptors (Lipinski definition) is 5. The van der Waals surface area contributed by atoms with Crippen molar-refractivity contribution in [2.75, 3.05) is 7.05 Å². The van der Waals surface area contributed by atoms with Gasteiger partial charge in [-0.3, -0.25) is 4.90 Å². The predicted molar refractivity (Wildman–Crippen MR) is 86.0 cm³/mol. The molecule has 0 saturated heterocycles. The van der Waals surface area contributed by atoms with Crippen molar-refractivity contribution in [3.63, 3.8) is 0 Å². The first-order valence-electron chi connectivity index (χ1n) is 7.06. The lowest BCUT2D eigenvalue weighted by Gasteiger charge is -2.23. The van der Waals surface area contributed by atoms with E-state index in [2.05, 4.69) is 26.1 Å². The van der Waals surface area contributed by atoms with E-state index >= 15 is 0 Å². The average Bonchev–Trinajstić information content (AvgIpc) is 3.16. The van der Waals surface area contributed by atoms with E-state index in [0.29, 0.717) is 28.8 Å². The van der Waals surface area contributed by atoms with Gasteiger partial charge in [0.2, 0.25) is 5.89 Å². The minimum absolute atomic E-state index is 0.0868. The smallest absolute Gasteiger partial charge is 0.283 e. The quantitative estimate of drug-likeness (QED) is 0.656. The maximum atomic E-state index is 13.0. The Morgan fingerprint density at radius 1 is 1.13 bits per heavy atom. The van der Waals surface area contributed by atoms with Crippen molar-refractivity contribution in [3.05, 3.63) is 58.3 Å². The van der Waals surface area contributed by atoms with Crippen LogP contribution in [-0.2, 0) is 6.54 Å². The maximum absolute atomic E-state index is 13.0. The van der Waals surface area contributed by atoms with Gasteiger partial charge in [0.1, 0.15) is 5.82 Å². The van der Waals surface area contributed by atoms with Crippen molar-refractivity contribution in [1.82, 2.24) is 15.1 Å². The van der Waals surface area contributed by atoms with Crippen molar-refractivity contribution < 1.29 is 13.2 Å². The van der Waals surface area contributed by atoms with Crippen LogP contribution < -0.4 is 0 Å². The van der Waals surface area contributed by atoms with Crippen molar-refractivity contribution in [1.29, 1.82) is 0 Å². The largest absolute Gasteiger partial charge is 0.444 e. The van der Waals surface area contributed by atoms with Gasteiger partial charge in [-0.2, -0.15) is 0 Å². The minimum Gasteiger partial charge on any atom is -0.444 e. The van der Waals surface area contributed by atoms with Gasteiger partial charge in [-0.1, -0.05) is 12.1 Å². The normalized spacial score (nSPS) is 12.7. The van der Waals surface area contributed by atoms with Crippen LogP contribution >= 0.6 is 15.9 Å². The molecule has 5 nitrogen and oxygen atoms in total. The van der Waals surface area contributed by atoms with Gasteiger partial charge >= 0.3 is 0 Å². The highest BCUT2D eigenvalue weighted by molar-refractivity contribution is 9.10. The molecule has 0 radical (unpaired) electrons. The fraction of sp³-hybridized carbons (Fsp3) is 0.250. The van der Waals surface area contributed by atoms with Gasteiger partial charge in [-0.15, -0.1) is 10.2 Å². The van der Waals surface area contributed by atoms with Crippen LogP contribution in [0.4, 0.5) is 4.39 Å². The topological polar surface area (TPSA) is 55.3 Å². The second-order valence-corrected chi connectivity index (χ2v) is 6.03. The molecule has 120 valence electrons. The van der Waals surface area contributed by atoms with E-state index in [4.69, 9.17) is 8.83 Å². The second-order valence-electron chi connectivity index (χ2n) is 5.25. The Labute approximate surface area is 141 Å². The summed E-state index contributed by atoms with van der Waals surface area (Å²) in [5, 5.41) is 8.03. The number of benzene rings is 1. The van der Waals surface area contributed by atoms with Gasteiger partial charge < -0.3 is 8.83 Å². The van der Waals surface area contributed by atoms with Crippen LogP contribution in [0.5, 0.6) is 0 Å². The van der Waals surface area contributed by atoms with Crippen LogP contribution in [0.2, 0.25) is 0 Å². The van der Waals surface area contributed by atoms with Gasteiger partial charge in [0.25, 0.3) is 5.89 Å². The molecule has 3 rings (SSSR count). The molecule has 1 aromatic carbocycles. The summed E-state index contributed by atoms with van der Waals surface area (Å²) < 4.78 is 24.6. The number of hydrogen-bond donors (Lipinski definition) is 0. The van der Waals surface area contributed by atoms with Gasteiger partial charge in [0.15, 0.2) is 10.4 Å². The summed E-state index contributed by atoms with van der Waals surface area (Å²) in [6.45, 7) is 2.52. The molecule has 1 atom stereocenters. The Morgan fingerprint density at radius 3 is 2.52 bits per heavy atom. The van der Waals surface area contributed by atoms with E-state index in [-0.39, 0.29) is 11.9 Å². The number of furan rings is 1. The van der Waals surface area contributed by atoms with E-state index in [0.717, 1.165) is 5.56 Å². The van der Waals surface area contributed by atoms with Gasteiger partial charge in [-0.05, 0) is 59.7 Å². The Hall–Kier alpha value is -1.99. The summed E-state index contributed by atoms with van der Waals surface area (Å²) in [5.74, 6) is 1.11. The van der Waals surface area contributed by atoms with Gasteiger partial charge in [0.05, 0.1) is 6.54 Å². The molecule has 7 heteroatoms. The number of rotatable bonds is 5. The molecule has 0 spiro atoms. The maximum Gasteiger partial charge on any atom is 0.283 e. The van der Waals surface area contributed by atoms with Gasteiger partial charge in [0, 0.05) is 6.04 Å². The zero-order chi connectivity index (χ0) is 16.4. The van der Waals surface area contributed by atoms with E-state index in [1.54, 1.807) is 24.3 Å². The molecular weight excluding hydrogens is 365 g/mol. The molecule has 3 aromatic rings. The second kappa shape index (κ2) is 6.64. The molecule has 0 bridgehead atoms. The van der Waals surface area contributed by atoms with Crippen LogP contribution in [0.1, 0.15) is 24.4 Å². The Kier molecular flexibility index (Phi) is 4.58. The van der Waals surface area contributed by atoms with Gasteiger partial charge in [-0.25, -0.2) is 4.39 Å². The first kappa shape index (κ1) is 15.9. The highest BCUT2D eigenvalue weighted by Gasteiger charge is 2.17. The van der Waals surface area contributed by atoms with Crippen molar-refractivity contribution in [3.8, 4) is 11.7 Å². The standard InChI is InChI=1S/C16H15BrFN3O2/c1-10(11-3-5-12(18)6-4-11)21(2)9-15-19-20-16(23-15)13-7-8-14(17)22-13/h3-8,10H,9H2,1-2H3. The van der Waals surface area contributed by atoms with Crippen LogP contribution in [0, 0.1) is 5.82 Å². The van der Waals surface area contributed by atoms with Crippen molar-refractivity contribution in [2.45, 2.75) is 19.5 Å². The Bertz CT molecular complexity index is 785. The molecule has 1 unspecified atom stereocenters. The molecule has 0 N–H and O–H groups in total. The lowest BCUT2D eigenvalue weighted by molar-refractivity contribution is 0.228. The lowest BCUT2D eigenvalue weighted by Crippen LogP contribution is -2.22. The highest BCUT2D eigenvalue weighted by Crippen LogP contribution is 2.25. The Morgan fingerprint density at radius 2 is 1.87 bits per heavy atom. The zero-order valence-corrected chi connectivity index (χ0v) is 14.2. The summed E-state index contributed by atoms with van der Waals surface area (Å²) >= 11 is 3.24. The van der Waals surface area contributed by atoms with Crippen molar-refractivity contribution >= 4 is 15.9 Å². The molecule has 0 saturated carbocycles. The first-order valence-corrected chi connectivity index (χ1v) is 7.86. The third-order valence-corrected chi connectivity index (χ3v) is 4.08. The average molecular weight is 380 g/mol. The van der Waals surface area contributed by atoms with E-state index in [9.17, 15) is 4.39 Å². The highest BCUT2D eigenvalue weighted by atomic mass is 79.9. The molecule has 0 aliphatic heterocycles. The summed E-state index contributed by atoms with van der Waals surface area (Å²) in [4.78, 5) is 2.04. The molecule has 0 amide bonds. The van der Waals surface area contributed by atoms with Crippen LogP contribution in [0.3, 0.4) is 0 Å². The lowest BCUT2D eigenvalue weighted by atomic mass is 10.1. The molecule has 0 aliphatic carbocycles. The molecule has 2 aromatic heterocycles. The van der Waals surface area contributed by atoms with E-state index in [1.165, 1.54) is 12.1 Å². The SMILES string of the molecule is CC(c1ccc(F)cc1)N(C)Cc1nnc(-c2ccc(Br)o2)o1. The predicted octanol–water partition coefficient (Wildman–Crippen LogP) is 4.42. The summed E-state index contributed by atoms with van der Waals surface area (Å²) in [6, 6.07) is 10.1. The third kappa shape index (κ3) is 3.68. The van der Waals surface area contributed by atoms with Crippen LogP contribution in [-0.4, -0.2) is 22.1 Å². The monoisotopic (exact) mass is 379 g/mol. The molecule has 2 heterocycles. The summed E-state index contributed by atoms with van der Waals surface area (Å²) in [7, 11) is 1.95. The van der Waals surface area contributed by atoms with Crippen LogP contribution in [0.25, 0.3) is 11.7 Å². The first-order chi connectivity index (χ1) is 11.0. The molecule has 0 aliphatic rings. The summed E-state index contributed by atoms with van der Waals surface area (Å²) in [5.41, 5.74) is 1.02. The van der Waals surface area contributed by atoms with Crippen molar-refractivity contribution in [2.24, 2.45) is 0 Å². The van der Waals surface area contributed by atoms with E-state index in [1.807, 2.05) is 18.9 Å². The molecular formula is C16H15BrFN3O2. The number of aromatic nitrogens is 2. The van der Waals surface area contributed by atoms with E-state index < -0.39 is 0 Å². The van der Waals surface area contributed by atoms with Crippen LogP contribution in [0.15, 0.2) is 49.9 Å². The summed E-state index contributed by atoms with van der Waals surface area (Å²) in [6.07, 6.45) is 0.